The molecule has 0 unspecified atom stereocenters. The van der Waals surface area contributed by atoms with Gasteiger partial charge in [0.05, 0.1) is 12.2 Å². The number of hydrogen-bond donors (Lipinski definition) is 1. The lowest BCUT2D eigenvalue weighted by Crippen LogP contribution is -2.13. The molecule has 1 saturated heterocycles. The second-order valence-electron chi connectivity index (χ2n) is 4.10. The maximum atomic E-state index is 5.12. The Morgan fingerprint density at radius 2 is 2.53 bits per heavy atom. The van der Waals surface area contributed by atoms with Crippen LogP contribution >= 0.6 is 0 Å². The summed E-state index contributed by atoms with van der Waals surface area (Å²) >= 11 is 0. The summed E-state index contributed by atoms with van der Waals surface area (Å²) in [7, 11) is 0. The van der Waals surface area contributed by atoms with Gasteiger partial charge in [0.15, 0.2) is 11.5 Å². The normalized spacial score (nSPS) is 19.9. The van der Waals surface area contributed by atoms with E-state index in [1.165, 1.54) is 0 Å². The molecule has 0 amide bonds. The summed E-state index contributed by atoms with van der Waals surface area (Å²) in [5, 5.41) is 15.3. The van der Waals surface area contributed by atoms with E-state index in [2.05, 4.69) is 25.8 Å². The van der Waals surface area contributed by atoms with Crippen molar-refractivity contribution in [1.82, 2.24) is 30.5 Å². The van der Waals surface area contributed by atoms with Crippen LogP contribution in [-0.4, -0.2) is 38.2 Å². The van der Waals surface area contributed by atoms with Crippen LogP contribution in [-0.2, 0) is 6.42 Å². The molecule has 1 aliphatic rings. The molecule has 0 bridgehead atoms. The molecule has 3 heterocycles. The maximum Gasteiger partial charge on any atom is 0.280 e. The number of aromatic nitrogens is 5. The maximum absolute atomic E-state index is 5.12. The molecule has 0 spiro atoms. The second-order valence-corrected chi connectivity index (χ2v) is 4.10. The summed E-state index contributed by atoms with van der Waals surface area (Å²) in [4.78, 5) is 4.23. The predicted octanol–water partition coefficient (Wildman–Crippen LogP) is 0.425. The van der Waals surface area contributed by atoms with Crippen LogP contribution in [0, 0.1) is 0 Å². The van der Waals surface area contributed by atoms with Crippen LogP contribution in [0.5, 0.6) is 0 Å². The molecule has 1 aliphatic heterocycles. The van der Waals surface area contributed by atoms with Gasteiger partial charge in [0, 0.05) is 13.0 Å². The molecule has 3 rings (SSSR count). The average molecular weight is 234 g/mol. The quantitative estimate of drug-likeness (QED) is 0.829. The predicted molar refractivity (Wildman–Crippen MR) is 59.2 cm³/mol. The standard InChI is InChI=1S/C10H14N6O/c1-2-9-12-10(17-14-9)8-6-16(15-13-8)7-3-4-11-5-7/h6-7,11H,2-5H2,1H3/t7-/m1/s1. The first kappa shape index (κ1) is 10.4. The van der Waals surface area contributed by atoms with E-state index in [9.17, 15) is 0 Å². The Bertz CT molecular complexity index is 498. The van der Waals surface area contributed by atoms with Crippen LogP contribution in [0.3, 0.4) is 0 Å². The van der Waals surface area contributed by atoms with Gasteiger partial charge in [0.2, 0.25) is 0 Å². The first-order chi connectivity index (χ1) is 8.36. The van der Waals surface area contributed by atoms with Crippen LogP contribution in [0.15, 0.2) is 10.7 Å². The van der Waals surface area contributed by atoms with Crippen LogP contribution in [0.2, 0.25) is 0 Å². The minimum Gasteiger partial charge on any atom is -0.332 e. The highest BCUT2D eigenvalue weighted by atomic mass is 16.5. The van der Waals surface area contributed by atoms with Crippen molar-refractivity contribution < 1.29 is 4.52 Å². The summed E-state index contributed by atoms with van der Waals surface area (Å²) in [5.74, 6) is 1.14. The zero-order valence-electron chi connectivity index (χ0n) is 9.63. The summed E-state index contributed by atoms with van der Waals surface area (Å²) < 4.78 is 6.99. The Morgan fingerprint density at radius 1 is 1.59 bits per heavy atom. The zero-order chi connectivity index (χ0) is 11.7. The smallest absolute Gasteiger partial charge is 0.280 e. The van der Waals surface area contributed by atoms with Crippen molar-refractivity contribution in [2.75, 3.05) is 13.1 Å². The molecular weight excluding hydrogens is 220 g/mol. The molecule has 0 saturated carbocycles. The van der Waals surface area contributed by atoms with Gasteiger partial charge in [0.25, 0.3) is 5.89 Å². The average Bonchev–Trinajstić information content (AvgIpc) is 3.09. The summed E-state index contributed by atoms with van der Waals surface area (Å²) in [5.41, 5.74) is 0.643. The van der Waals surface area contributed by atoms with Gasteiger partial charge in [-0.05, 0) is 13.0 Å². The minimum atomic E-state index is 0.379. The Morgan fingerprint density at radius 3 is 3.24 bits per heavy atom. The molecular formula is C10H14N6O. The van der Waals surface area contributed by atoms with E-state index >= 15 is 0 Å². The van der Waals surface area contributed by atoms with Crippen molar-refractivity contribution in [2.24, 2.45) is 0 Å². The first-order valence-corrected chi connectivity index (χ1v) is 5.82. The van der Waals surface area contributed by atoms with Crippen molar-refractivity contribution in [3.05, 3.63) is 12.0 Å². The van der Waals surface area contributed by atoms with E-state index < -0.39 is 0 Å². The molecule has 1 N–H and O–H groups in total. The SMILES string of the molecule is CCc1noc(-c2cn([C@@H]3CCNC3)nn2)n1. The van der Waals surface area contributed by atoms with E-state index in [1.54, 1.807) is 0 Å². The molecule has 7 nitrogen and oxygen atoms in total. The van der Waals surface area contributed by atoms with Crippen molar-refractivity contribution >= 4 is 0 Å². The molecule has 7 heteroatoms. The van der Waals surface area contributed by atoms with Gasteiger partial charge in [-0.1, -0.05) is 17.3 Å². The van der Waals surface area contributed by atoms with Gasteiger partial charge >= 0.3 is 0 Å². The number of nitrogens with one attached hydrogen (secondary N) is 1. The molecule has 1 atom stereocenters. The summed E-state index contributed by atoms with van der Waals surface area (Å²) in [6, 6.07) is 0.379. The van der Waals surface area contributed by atoms with Crippen molar-refractivity contribution in [2.45, 2.75) is 25.8 Å². The van der Waals surface area contributed by atoms with Crippen LogP contribution in [0.4, 0.5) is 0 Å². The van der Waals surface area contributed by atoms with Gasteiger partial charge in [-0.2, -0.15) is 4.98 Å². The highest BCUT2D eigenvalue weighted by Crippen LogP contribution is 2.18. The molecule has 90 valence electrons. The molecule has 0 aliphatic carbocycles. The third kappa shape index (κ3) is 1.93. The van der Waals surface area contributed by atoms with Gasteiger partial charge in [-0.3, -0.25) is 0 Å². The van der Waals surface area contributed by atoms with Crippen LogP contribution in [0.25, 0.3) is 11.6 Å². The summed E-state index contributed by atoms with van der Waals surface area (Å²) in [6.45, 7) is 3.95. The largest absolute Gasteiger partial charge is 0.332 e. The minimum absolute atomic E-state index is 0.379. The van der Waals surface area contributed by atoms with Crippen LogP contribution < -0.4 is 5.32 Å². The molecule has 17 heavy (non-hydrogen) atoms. The highest BCUT2D eigenvalue weighted by Gasteiger charge is 2.19. The fraction of sp³-hybridized carbons (Fsp3) is 0.600. The van der Waals surface area contributed by atoms with Gasteiger partial charge in [0.1, 0.15) is 0 Å². The summed E-state index contributed by atoms with van der Waals surface area (Å²) in [6.07, 6.45) is 3.70. The van der Waals surface area contributed by atoms with E-state index in [1.807, 2.05) is 17.8 Å². The lowest BCUT2D eigenvalue weighted by Gasteiger charge is -2.05. The van der Waals surface area contributed by atoms with Gasteiger partial charge < -0.3 is 9.84 Å². The van der Waals surface area contributed by atoms with Crippen LogP contribution in [0.1, 0.15) is 25.2 Å². The number of hydrogen-bond acceptors (Lipinski definition) is 6. The number of nitrogens with zero attached hydrogens (tertiary/aromatic N) is 5. The van der Waals surface area contributed by atoms with Gasteiger partial charge in [-0.15, -0.1) is 5.10 Å². The second kappa shape index (κ2) is 4.25. The van der Waals surface area contributed by atoms with Gasteiger partial charge in [-0.25, -0.2) is 4.68 Å². The number of rotatable bonds is 3. The lowest BCUT2D eigenvalue weighted by molar-refractivity contribution is 0.422. The van der Waals surface area contributed by atoms with E-state index in [0.29, 0.717) is 23.5 Å². The molecule has 0 radical (unpaired) electrons. The Balaban J connectivity index is 1.83. The Labute approximate surface area is 98.2 Å². The Kier molecular flexibility index (Phi) is 2.60. The monoisotopic (exact) mass is 234 g/mol. The molecule has 0 aromatic carbocycles. The Hall–Kier alpha value is -1.76. The topological polar surface area (TPSA) is 81.7 Å². The van der Waals surface area contributed by atoms with E-state index in [0.717, 1.165) is 25.9 Å². The van der Waals surface area contributed by atoms with Crippen molar-refractivity contribution in [3.63, 3.8) is 0 Å². The fourth-order valence-electron chi connectivity index (χ4n) is 1.92. The fourth-order valence-corrected chi connectivity index (χ4v) is 1.92. The highest BCUT2D eigenvalue weighted by molar-refractivity contribution is 5.43. The number of aryl methyl sites for hydroxylation is 1. The first-order valence-electron chi connectivity index (χ1n) is 5.82. The van der Waals surface area contributed by atoms with E-state index in [4.69, 9.17) is 4.52 Å². The third-order valence-electron chi connectivity index (χ3n) is 2.92. The zero-order valence-corrected chi connectivity index (χ0v) is 9.63. The molecule has 1 fully saturated rings. The third-order valence-corrected chi connectivity index (χ3v) is 2.92. The molecule has 2 aromatic rings. The molecule has 2 aromatic heterocycles. The lowest BCUT2D eigenvalue weighted by atomic mass is 10.3. The van der Waals surface area contributed by atoms with Crippen molar-refractivity contribution in [3.8, 4) is 11.6 Å². The van der Waals surface area contributed by atoms with E-state index in [-0.39, 0.29) is 0 Å². The van der Waals surface area contributed by atoms with Crippen molar-refractivity contribution in [1.29, 1.82) is 0 Å².